The number of carbonyl (C=O) groups excluding carboxylic acids is 1. The molecular weight excluding hydrogens is 248 g/mol. The third-order valence-corrected chi connectivity index (χ3v) is 3.36. The highest BCUT2D eigenvalue weighted by atomic mass is 16.5. The van der Waals surface area contributed by atoms with Crippen LogP contribution in [0.4, 0.5) is 0 Å². The lowest BCUT2D eigenvalue weighted by atomic mass is 9.96. The molecule has 0 saturated carbocycles. The quantitative estimate of drug-likeness (QED) is 0.255. The highest BCUT2D eigenvalue weighted by Gasteiger charge is 2.03. The summed E-state index contributed by atoms with van der Waals surface area (Å²) in [6, 6.07) is 0. The molecule has 0 fully saturated rings. The van der Waals surface area contributed by atoms with E-state index < -0.39 is 0 Å². The second-order valence-electron chi connectivity index (χ2n) is 5.26. The fourth-order valence-electron chi connectivity index (χ4n) is 2.23. The van der Waals surface area contributed by atoms with Gasteiger partial charge < -0.3 is 4.74 Å². The van der Waals surface area contributed by atoms with Crippen LogP contribution in [0.25, 0.3) is 0 Å². The van der Waals surface area contributed by atoms with Gasteiger partial charge in [0.05, 0.1) is 6.61 Å². The van der Waals surface area contributed by atoms with E-state index in [9.17, 15) is 4.79 Å². The predicted molar refractivity (Wildman–Crippen MR) is 86.7 cm³/mol. The molecule has 0 aromatic heterocycles. The molecule has 0 rings (SSSR count). The molecule has 2 nitrogen and oxygen atoms in total. The molecule has 0 aromatic carbocycles. The molecule has 2 heteroatoms. The summed E-state index contributed by atoms with van der Waals surface area (Å²) in [6.07, 6.45) is 16.5. The van der Waals surface area contributed by atoms with Crippen LogP contribution in [-0.2, 0) is 9.53 Å². The lowest BCUT2D eigenvalue weighted by Crippen LogP contribution is -2.02. The first kappa shape index (κ1) is 18.9. The van der Waals surface area contributed by atoms with Gasteiger partial charge >= 0.3 is 5.97 Å². The van der Waals surface area contributed by atoms with Gasteiger partial charge in [0.25, 0.3) is 0 Å². The Hall–Kier alpha value is -1.05. The van der Waals surface area contributed by atoms with Gasteiger partial charge in [-0.25, -0.2) is 0 Å². The molecule has 0 radical (unpaired) electrons. The molecule has 0 aromatic rings. The molecule has 20 heavy (non-hydrogen) atoms. The smallest absolute Gasteiger partial charge is 0.305 e. The highest BCUT2D eigenvalue weighted by Crippen LogP contribution is 2.17. The zero-order valence-corrected chi connectivity index (χ0v) is 13.4. The summed E-state index contributed by atoms with van der Waals surface area (Å²) >= 11 is 0. The van der Waals surface area contributed by atoms with Crippen molar-refractivity contribution in [2.75, 3.05) is 6.61 Å². The van der Waals surface area contributed by atoms with E-state index in [0.717, 1.165) is 19.3 Å². The molecule has 0 amide bonds. The number of ether oxygens (including phenoxy) is 1. The lowest BCUT2D eigenvalue weighted by Gasteiger charge is -2.10. The molecule has 0 N–H and O–H groups in total. The Morgan fingerprint density at radius 2 is 2.00 bits per heavy atom. The Morgan fingerprint density at radius 3 is 2.65 bits per heavy atom. The SMILES string of the molecule is C=CCC(/C=C/CCCC(=O)OCC)CCCCCC. The number of unbranched alkanes of at least 4 members (excludes halogenated alkanes) is 4. The number of hydrogen-bond donors (Lipinski definition) is 0. The minimum absolute atomic E-state index is 0.0805. The summed E-state index contributed by atoms with van der Waals surface area (Å²) in [5.74, 6) is 0.537. The fraction of sp³-hybridized carbons (Fsp3) is 0.722. The van der Waals surface area contributed by atoms with E-state index in [4.69, 9.17) is 4.74 Å². The number of hydrogen-bond acceptors (Lipinski definition) is 2. The number of allylic oxidation sites excluding steroid dienone is 3. The van der Waals surface area contributed by atoms with Gasteiger partial charge in [0.15, 0.2) is 0 Å². The Bertz CT molecular complexity index is 269. The van der Waals surface area contributed by atoms with Gasteiger partial charge in [-0.2, -0.15) is 0 Å². The van der Waals surface area contributed by atoms with Crippen LogP contribution in [0.15, 0.2) is 24.8 Å². The molecule has 0 aliphatic carbocycles. The predicted octanol–water partition coefficient (Wildman–Crippen LogP) is 5.44. The Kier molecular flexibility index (Phi) is 13.6. The van der Waals surface area contributed by atoms with Crippen molar-refractivity contribution < 1.29 is 9.53 Å². The van der Waals surface area contributed by atoms with Gasteiger partial charge in [0.1, 0.15) is 0 Å². The van der Waals surface area contributed by atoms with E-state index in [1.54, 1.807) is 0 Å². The van der Waals surface area contributed by atoms with E-state index in [1.807, 2.05) is 13.0 Å². The average Bonchev–Trinajstić information content (AvgIpc) is 2.43. The average molecular weight is 280 g/mol. The van der Waals surface area contributed by atoms with Gasteiger partial charge in [0.2, 0.25) is 0 Å². The highest BCUT2D eigenvalue weighted by molar-refractivity contribution is 5.69. The third kappa shape index (κ3) is 12.0. The van der Waals surface area contributed by atoms with Crippen LogP contribution >= 0.6 is 0 Å². The standard InChI is InChI=1S/C18H32O2/c1-4-7-8-10-14-17(13-5-2)15-11-9-12-16-18(19)20-6-3/h5,11,15,17H,2,4,6-10,12-14,16H2,1,3H3/b15-11+. The van der Waals surface area contributed by atoms with Crippen molar-refractivity contribution in [3.05, 3.63) is 24.8 Å². The minimum Gasteiger partial charge on any atom is -0.466 e. The van der Waals surface area contributed by atoms with Crippen LogP contribution in [-0.4, -0.2) is 12.6 Å². The van der Waals surface area contributed by atoms with E-state index in [-0.39, 0.29) is 5.97 Å². The molecule has 0 heterocycles. The van der Waals surface area contributed by atoms with Gasteiger partial charge in [-0.3, -0.25) is 4.79 Å². The van der Waals surface area contributed by atoms with E-state index in [0.29, 0.717) is 18.9 Å². The first-order valence-electron chi connectivity index (χ1n) is 8.17. The largest absolute Gasteiger partial charge is 0.466 e. The van der Waals surface area contributed by atoms with Crippen molar-refractivity contribution in [1.29, 1.82) is 0 Å². The summed E-state index contributed by atoms with van der Waals surface area (Å²) in [5.41, 5.74) is 0. The monoisotopic (exact) mass is 280 g/mol. The molecule has 0 aliphatic rings. The zero-order chi connectivity index (χ0) is 15.1. The number of esters is 1. The van der Waals surface area contributed by atoms with Crippen molar-refractivity contribution in [2.45, 2.75) is 71.6 Å². The fourth-order valence-corrected chi connectivity index (χ4v) is 2.23. The van der Waals surface area contributed by atoms with Crippen molar-refractivity contribution in [1.82, 2.24) is 0 Å². The van der Waals surface area contributed by atoms with Crippen molar-refractivity contribution >= 4 is 5.97 Å². The van der Waals surface area contributed by atoms with Crippen molar-refractivity contribution in [3.63, 3.8) is 0 Å². The van der Waals surface area contributed by atoms with Crippen LogP contribution in [0.3, 0.4) is 0 Å². The Labute approximate surface area is 125 Å². The van der Waals surface area contributed by atoms with Gasteiger partial charge in [-0.15, -0.1) is 6.58 Å². The van der Waals surface area contributed by atoms with E-state index in [1.165, 1.54) is 32.1 Å². The summed E-state index contributed by atoms with van der Waals surface area (Å²) in [7, 11) is 0. The topological polar surface area (TPSA) is 26.3 Å². The summed E-state index contributed by atoms with van der Waals surface area (Å²) in [4.78, 5) is 11.2. The lowest BCUT2D eigenvalue weighted by molar-refractivity contribution is -0.143. The van der Waals surface area contributed by atoms with Gasteiger partial charge in [-0.1, -0.05) is 50.8 Å². The number of carbonyl (C=O) groups is 1. The van der Waals surface area contributed by atoms with E-state index in [2.05, 4.69) is 25.7 Å². The molecule has 1 atom stereocenters. The van der Waals surface area contributed by atoms with Crippen LogP contribution in [0.1, 0.15) is 71.6 Å². The molecule has 116 valence electrons. The second kappa shape index (κ2) is 14.4. The first-order chi connectivity index (χ1) is 9.74. The summed E-state index contributed by atoms with van der Waals surface area (Å²) < 4.78 is 4.91. The van der Waals surface area contributed by atoms with Crippen LogP contribution in [0.5, 0.6) is 0 Å². The zero-order valence-electron chi connectivity index (χ0n) is 13.4. The molecular formula is C18H32O2. The molecule has 0 saturated heterocycles. The number of rotatable bonds is 13. The Balaban J connectivity index is 3.78. The Morgan fingerprint density at radius 1 is 1.20 bits per heavy atom. The first-order valence-corrected chi connectivity index (χ1v) is 8.17. The van der Waals surface area contributed by atoms with E-state index >= 15 is 0 Å². The van der Waals surface area contributed by atoms with Crippen LogP contribution in [0.2, 0.25) is 0 Å². The van der Waals surface area contributed by atoms with Crippen molar-refractivity contribution in [3.8, 4) is 0 Å². The van der Waals surface area contributed by atoms with Crippen LogP contribution < -0.4 is 0 Å². The van der Waals surface area contributed by atoms with Crippen LogP contribution in [0, 0.1) is 5.92 Å². The maximum atomic E-state index is 11.2. The molecule has 0 spiro atoms. The second-order valence-corrected chi connectivity index (χ2v) is 5.26. The van der Waals surface area contributed by atoms with Gasteiger partial charge in [0, 0.05) is 6.42 Å². The summed E-state index contributed by atoms with van der Waals surface area (Å²) in [6.45, 7) is 8.40. The summed E-state index contributed by atoms with van der Waals surface area (Å²) in [5, 5.41) is 0. The maximum absolute atomic E-state index is 11.2. The minimum atomic E-state index is -0.0805. The maximum Gasteiger partial charge on any atom is 0.305 e. The normalized spacial score (nSPS) is 12.5. The molecule has 1 unspecified atom stereocenters. The molecule has 0 bridgehead atoms. The third-order valence-electron chi connectivity index (χ3n) is 3.36. The van der Waals surface area contributed by atoms with Gasteiger partial charge in [-0.05, 0) is 38.5 Å². The van der Waals surface area contributed by atoms with Crippen molar-refractivity contribution in [2.24, 2.45) is 5.92 Å². The molecule has 0 aliphatic heterocycles.